The Kier molecular flexibility index (Phi) is 4.81. The Morgan fingerprint density at radius 1 is 1.24 bits per heavy atom. The number of thiophene rings is 1. The fourth-order valence-corrected chi connectivity index (χ4v) is 3.91. The van der Waals surface area contributed by atoms with Crippen LogP contribution in [0.5, 0.6) is 0 Å². The van der Waals surface area contributed by atoms with Crippen LogP contribution in [-0.4, -0.2) is 21.0 Å². The van der Waals surface area contributed by atoms with Gasteiger partial charge in [0.2, 0.25) is 0 Å². The van der Waals surface area contributed by atoms with Crippen LogP contribution in [0.4, 0.5) is 5.69 Å². The summed E-state index contributed by atoms with van der Waals surface area (Å²) in [5, 5.41) is 18.4. The van der Waals surface area contributed by atoms with Crippen LogP contribution in [0.15, 0.2) is 47.0 Å². The number of fused-ring (bicyclic) bond motifs is 1. The first-order chi connectivity index (χ1) is 13.9. The predicted molar refractivity (Wildman–Crippen MR) is 109 cm³/mol. The summed E-state index contributed by atoms with van der Waals surface area (Å²) in [4.78, 5) is 30.2. The van der Waals surface area contributed by atoms with Crippen molar-refractivity contribution >= 4 is 34.0 Å². The molecule has 8 nitrogen and oxygen atoms in total. The molecule has 1 N–H and O–H groups in total. The SMILES string of the molecule is Cc1ccc(-c2cc(C(=O)NCc3ccccc3[N+](=O)[O-])c3c(C)noc3n2)s1. The van der Waals surface area contributed by atoms with Gasteiger partial charge in [-0.3, -0.25) is 14.9 Å². The topological polar surface area (TPSA) is 111 Å². The second-order valence-electron chi connectivity index (χ2n) is 6.48. The molecule has 0 saturated heterocycles. The van der Waals surface area contributed by atoms with E-state index < -0.39 is 4.92 Å². The quantitative estimate of drug-likeness (QED) is 0.387. The Balaban J connectivity index is 1.70. The lowest BCUT2D eigenvalue weighted by molar-refractivity contribution is -0.385. The van der Waals surface area contributed by atoms with Gasteiger partial charge in [-0.05, 0) is 32.0 Å². The van der Waals surface area contributed by atoms with Crippen molar-refractivity contribution in [1.82, 2.24) is 15.5 Å². The minimum atomic E-state index is -0.465. The number of rotatable bonds is 5. The van der Waals surface area contributed by atoms with Crippen molar-refractivity contribution in [2.24, 2.45) is 0 Å². The van der Waals surface area contributed by atoms with Crippen LogP contribution in [0.2, 0.25) is 0 Å². The molecule has 0 saturated carbocycles. The van der Waals surface area contributed by atoms with Crippen molar-refractivity contribution < 1.29 is 14.2 Å². The molecule has 9 heteroatoms. The standard InChI is InChI=1S/C20H16N4O4S/c1-11-7-8-17(29-11)15-9-14(18-12(2)23-28-20(18)22-15)19(25)21-10-13-5-3-4-6-16(13)24(26)27/h3-9H,10H2,1-2H3,(H,21,25). The number of aromatic nitrogens is 2. The normalized spacial score (nSPS) is 11.0. The minimum Gasteiger partial charge on any atom is -0.348 e. The van der Waals surface area contributed by atoms with Crippen molar-refractivity contribution in [1.29, 1.82) is 0 Å². The molecule has 4 rings (SSSR count). The summed E-state index contributed by atoms with van der Waals surface area (Å²) in [6.45, 7) is 3.75. The molecule has 1 amide bonds. The average molecular weight is 408 g/mol. The molecule has 146 valence electrons. The first-order valence-corrected chi connectivity index (χ1v) is 9.60. The van der Waals surface area contributed by atoms with Crippen LogP contribution in [0.3, 0.4) is 0 Å². The maximum atomic E-state index is 13.0. The first kappa shape index (κ1) is 18.8. The van der Waals surface area contributed by atoms with Gasteiger partial charge < -0.3 is 9.84 Å². The van der Waals surface area contributed by atoms with E-state index in [9.17, 15) is 14.9 Å². The number of carbonyl (C=O) groups excluding carboxylic acids is 1. The number of hydrogen-bond donors (Lipinski definition) is 1. The Morgan fingerprint density at radius 3 is 2.76 bits per heavy atom. The number of aryl methyl sites for hydroxylation is 2. The summed E-state index contributed by atoms with van der Waals surface area (Å²) >= 11 is 1.56. The molecule has 0 unspecified atom stereocenters. The zero-order chi connectivity index (χ0) is 20.5. The third-order valence-corrected chi connectivity index (χ3v) is 5.51. The summed E-state index contributed by atoms with van der Waals surface area (Å²) in [6, 6.07) is 11.9. The number of benzene rings is 1. The smallest absolute Gasteiger partial charge is 0.274 e. The molecule has 3 heterocycles. The van der Waals surface area contributed by atoms with E-state index in [4.69, 9.17) is 4.52 Å². The Labute approximate surface area is 169 Å². The molecule has 0 aliphatic rings. The zero-order valence-corrected chi connectivity index (χ0v) is 16.4. The Hall–Kier alpha value is -3.59. The number of amides is 1. The van der Waals surface area contributed by atoms with Gasteiger partial charge in [0.25, 0.3) is 17.3 Å². The summed E-state index contributed by atoms with van der Waals surface area (Å²) in [6.07, 6.45) is 0. The van der Waals surface area contributed by atoms with Crippen molar-refractivity contribution in [3.05, 3.63) is 74.3 Å². The maximum absolute atomic E-state index is 13.0. The highest BCUT2D eigenvalue weighted by Gasteiger charge is 2.21. The van der Waals surface area contributed by atoms with Crippen molar-refractivity contribution in [3.8, 4) is 10.6 Å². The molecule has 3 aromatic heterocycles. The molecule has 0 radical (unpaired) electrons. The van der Waals surface area contributed by atoms with E-state index in [1.807, 2.05) is 19.1 Å². The van der Waals surface area contributed by atoms with Gasteiger partial charge in [0.1, 0.15) is 0 Å². The van der Waals surface area contributed by atoms with Crippen LogP contribution >= 0.6 is 11.3 Å². The highest BCUT2D eigenvalue weighted by Crippen LogP contribution is 2.31. The van der Waals surface area contributed by atoms with Crippen molar-refractivity contribution in [2.45, 2.75) is 20.4 Å². The van der Waals surface area contributed by atoms with Crippen molar-refractivity contribution in [2.75, 3.05) is 0 Å². The fourth-order valence-electron chi connectivity index (χ4n) is 3.08. The predicted octanol–water partition coefficient (Wildman–Crippen LogP) is 4.41. The summed E-state index contributed by atoms with van der Waals surface area (Å²) in [5.41, 5.74) is 2.20. The summed E-state index contributed by atoms with van der Waals surface area (Å²) in [7, 11) is 0. The van der Waals surface area contributed by atoms with Crippen LogP contribution in [0, 0.1) is 24.0 Å². The molecule has 4 aromatic rings. The van der Waals surface area contributed by atoms with Gasteiger partial charge in [0, 0.05) is 23.1 Å². The van der Waals surface area contributed by atoms with E-state index >= 15 is 0 Å². The summed E-state index contributed by atoms with van der Waals surface area (Å²) < 4.78 is 5.30. The molecule has 1 aromatic carbocycles. The lowest BCUT2D eigenvalue weighted by Gasteiger charge is -2.08. The van der Waals surface area contributed by atoms with E-state index in [1.165, 1.54) is 6.07 Å². The van der Waals surface area contributed by atoms with Gasteiger partial charge >= 0.3 is 0 Å². The number of nitrogens with zero attached hydrogens (tertiary/aromatic N) is 3. The van der Waals surface area contributed by atoms with E-state index in [0.717, 1.165) is 9.75 Å². The Bertz CT molecular complexity index is 1240. The maximum Gasteiger partial charge on any atom is 0.274 e. The van der Waals surface area contributed by atoms with Crippen LogP contribution in [-0.2, 0) is 6.54 Å². The number of hydrogen-bond acceptors (Lipinski definition) is 7. The third-order valence-electron chi connectivity index (χ3n) is 4.48. The Morgan fingerprint density at radius 2 is 2.03 bits per heavy atom. The molecule has 0 aliphatic heterocycles. The molecule has 0 aliphatic carbocycles. The van der Waals surface area contributed by atoms with Gasteiger partial charge in [-0.2, -0.15) is 0 Å². The highest BCUT2D eigenvalue weighted by atomic mass is 32.1. The van der Waals surface area contributed by atoms with Gasteiger partial charge in [-0.15, -0.1) is 11.3 Å². The lowest BCUT2D eigenvalue weighted by Crippen LogP contribution is -2.23. The number of nitrogens with one attached hydrogen (secondary N) is 1. The first-order valence-electron chi connectivity index (χ1n) is 8.78. The number of para-hydroxylation sites is 1. The van der Waals surface area contributed by atoms with Crippen molar-refractivity contribution in [3.63, 3.8) is 0 Å². The molecule has 0 fully saturated rings. The number of pyridine rings is 1. The van der Waals surface area contributed by atoms with Crippen LogP contribution in [0.25, 0.3) is 21.7 Å². The molecule has 0 atom stereocenters. The average Bonchev–Trinajstić information content (AvgIpc) is 3.31. The number of nitro benzene ring substituents is 1. The second-order valence-corrected chi connectivity index (χ2v) is 7.77. The van der Waals surface area contributed by atoms with Gasteiger partial charge in [-0.1, -0.05) is 23.4 Å². The van der Waals surface area contributed by atoms with E-state index in [0.29, 0.717) is 27.9 Å². The molecular weight excluding hydrogens is 392 g/mol. The van der Waals surface area contributed by atoms with Gasteiger partial charge in [0.15, 0.2) is 0 Å². The van der Waals surface area contributed by atoms with Crippen LogP contribution < -0.4 is 5.32 Å². The fraction of sp³-hybridized carbons (Fsp3) is 0.150. The zero-order valence-electron chi connectivity index (χ0n) is 15.6. The van der Waals surface area contributed by atoms with E-state index in [2.05, 4.69) is 15.5 Å². The lowest BCUT2D eigenvalue weighted by atomic mass is 10.1. The number of nitro groups is 1. The van der Waals surface area contributed by atoms with E-state index in [1.54, 1.807) is 42.5 Å². The number of carbonyl (C=O) groups is 1. The second kappa shape index (κ2) is 7.44. The third kappa shape index (κ3) is 3.59. The molecule has 0 bridgehead atoms. The minimum absolute atomic E-state index is 0.0254. The molecular formula is C20H16N4O4S. The van der Waals surface area contributed by atoms with Gasteiger partial charge in [-0.25, -0.2) is 4.98 Å². The molecule has 29 heavy (non-hydrogen) atoms. The summed E-state index contributed by atoms with van der Waals surface area (Å²) in [5.74, 6) is -0.378. The van der Waals surface area contributed by atoms with Crippen LogP contribution in [0.1, 0.15) is 26.5 Å². The monoisotopic (exact) mass is 408 g/mol. The largest absolute Gasteiger partial charge is 0.348 e. The molecule has 0 spiro atoms. The highest BCUT2D eigenvalue weighted by molar-refractivity contribution is 7.15. The van der Waals surface area contributed by atoms with E-state index in [-0.39, 0.29) is 23.9 Å². The van der Waals surface area contributed by atoms with Gasteiger partial charge in [0.05, 0.1) is 32.1 Å².